The molecule has 3 aromatic heterocycles. The highest BCUT2D eigenvalue weighted by molar-refractivity contribution is 5.80. The fourth-order valence-corrected chi connectivity index (χ4v) is 3.84. The third-order valence-corrected chi connectivity index (χ3v) is 5.41. The minimum Gasteiger partial charge on any atom is -0.467 e. The van der Waals surface area contributed by atoms with E-state index < -0.39 is 0 Å². The zero-order chi connectivity index (χ0) is 21.2. The number of aryl methyl sites for hydroxylation is 1. The summed E-state index contributed by atoms with van der Waals surface area (Å²) in [7, 11) is 0. The molecule has 154 valence electrons. The van der Waals surface area contributed by atoms with E-state index in [2.05, 4.69) is 15.4 Å². The second-order valence-electron chi connectivity index (χ2n) is 7.46. The Morgan fingerprint density at radius 1 is 1.03 bits per heavy atom. The lowest BCUT2D eigenvalue weighted by Crippen LogP contribution is -2.25. The predicted octanol–water partition coefficient (Wildman–Crippen LogP) is 4.49. The summed E-state index contributed by atoms with van der Waals surface area (Å²) in [5, 5.41) is 9.04. The van der Waals surface area contributed by atoms with Gasteiger partial charge in [-0.15, -0.1) is 0 Å². The second-order valence-corrected chi connectivity index (χ2v) is 7.46. The van der Waals surface area contributed by atoms with Gasteiger partial charge in [-0.1, -0.05) is 48.5 Å². The van der Waals surface area contributed by atoms with E-state index in [-0.39, 0.29) is 11.6 Å². The Bertz CT molecular complexity index is 1350. The average molecular weight is 410 g/mol. The molecule has 0 aliphatic heterocycles. The molecule has 1 unspecified atom stereocenters. The summed E-state index contributed by atoms with van der Waals surface area (Å²) in [6.07, 6.45) is 1.66. The molecule has 0 bridgehead atoms. The number of aromatic amines is 1. The van der Waals surface area contributed by atoms with E-state index >= 15 is 0 Å². The number of hydrogen-bond acceptors (Lipinski definition) is 4. The summed E-state index contributed by atoms with van der Waals surface area (Å²) in [6.45, 7) is 2.34. The number of aromatic nitrogens is 3. The van der Waals surface area contributed by atoms with Crippen LogP contribution in [0.4, 0.5) is 0 Å². The van der Waals surface area contributed by atoms with Crippen LogP contribution in [0.5, 0.6) is 0 Å². The number of fused-ring (bicyclic) bond motifs is 1. The Hall–Kier alpha value is -3.90. The predicted molar refractivity (Wildman–Crippen MR) is 120 cm³/mol. The Kier molecular flexibility index (Phi) is 4.98. The van der Waals surface area contributed by atoms with E-state index in [4.69, 9.17) is 4.42 Å². The van der Waals surface area contributed by atoms with Gasteiger partial charge in [0.2, 0.25) is 0 Å². The summed E-state index contributed by atoms with van der Waals surface area (Å²) >= 11 is 0. The third kappa shape index (κ3) is 3.69. The van der Waals surface area contributed by atoms with Gasteiger partial charge in [-0.05, 0) is 42.8 Å². The van der Waals surface area contributed by atoms with Crippen LogP contribution < -0.4 is 10.9 Å². The van der Waals surface area contributed by atoms with Crippen LogP contribution in [0.2, 0.25) is 0 Å². The molecule has 3 heterocycles. The minimum absolute atomic E-state index is 0.136. The van der Waals surface area contributed by atoms with Crippen LogP contribution in [0.3, 0.4) is 0 Å². The van der Waals surface area contributed by atoms with Crippen molar-refractivity contribution in [2.45, 2.75) is 19.5 Å². The van der Waals surface area contributed by atoms with Crippen molar-refractivity contribution in [1.29, 1.82) is 0 Å². The lowest BCUT2D eigenvalue weighted by molar-refractivity contribution is 0.445. The van der Waals surface area contributed by atoms with Gasteiger partial charge in [0.15, 0.2) is 0 Å². The summed E-state index contributed by atoms with van der Waals surface area (Å²) in [5.74, 6) is 0.803. The molecule has 0 aliphatic rings. The number of hydrogen-bond donors (Lipinski definition) is 2. The maximum atomic E-state index is 12.9. The molecule has 1 atom stereocenters. The maximum absolute atomic E-state index is 12.9. The molecule has 0 saturated carbocycles. The average Bonchev–Trinajstić information content (AvgIpc) is 3.44. The van der Waals surface area contributed by atoms with Crippen LogP contribution in [0.1, 0.15) is 28.6 Å². The van der Waals surface area contributed by atoms with Gasteiger partial charge < -0.3 is 9.40 Å². The number of rotatable bonds is 6. The molecule has 0 fully saturated rings. The van der Waals surface area contributed by atoms with Crippen molar-refractivity contribution in [2.24, 2.45) is 0 Å². The second kappa shape index (κ2) is 8.08. The van der Waals surface area contributed by atoms with E-state index in [0.29, 0.717) is 17.8 Å². The largest absolute Gasteiger partial charge is 0.467 e. The Morgan fingerprint density at radius 3 is 2.48 bits per heavy atom. The van der Waals surface area contributed by atoms with Crippen molar-refractivity contribution >= 4 is 11.0 Å². The molecular weight excluding hydrogens is 388 g/mol. The summed E-state index contributed by atoms with van der Waals surface area (Å²) in [6, 6.07) is 25.4. The minimum atomic E-state index is -0.153. The maximum Gasteiger partial charge on any atom is 0.254 e. The number of nitrogens with zero attached hydrogens (tertiary/aromatic N) is 2. The number of H-pyrrole nitrogens is 1. The highest BCUT2D eigenvalue weighted by Gasteiger charge is 2.18. The van der Waals surface area contributed by atoms with Crippen LogP contribution in [0, 0.1) is 6.92 Å². The Labute approximate surface area is 179 Å². The van der Waals surface area contributed by atoms with Crippen molar-refractivity contribution in [1.82, 2.24) is 20.1 Å². The topological polar surface area (TPSA) is 75.8 Å². The first-order chi connectivity index (χ1) is 15.2. The Morgan fingerprint density at radius 2 is 1.77 bits per heavy atom. The molecular formula is C25H22N4O2. The van der Waals surface area contributed by atoms with Crippen LogP contribution >= 0.6 is 0 Å². The van der Waals surface area contributed by atoms with Crippen molar-refractivity contribution in [3.63, 3.8) is 0 Å². The number of benzene rings is 2. The molecule has 0 aliphatic carbocycles. The zero-order valence-electron chi connectivity index (χ0n) is 17.1. The summed E-state index contributed by atoms with van der Waals surface area (Å²) in [4.78, 5) is 15.9. The lowest BCUT2D eigenvalue weighted by Gasteiger charge is -2.17. The van der Waals surface area contributed by atoms with E-state index in [9.17, 15) is 4.79 Å². The van der Waals surface area contributed by atoms with Gasteiger partial charge in [-0.3, -0.25) is 10.1 Å². The van der Waals surface area contributed by atoms with Gasteiger partial charge in [0, 0.05) is 17.5 Å². The standard InChI is InChI=1S/C25H22N4O2/c1-17-21-15-19(25(30)27-24(21)29(28-17)20-11-6-3-7-12-20)16-26-23(22-13-8-14-31-22)18-9-4-2-5-10-18/h2-15,23,26H,16H2,1H3,(H,27,30). The van der Waals surface area contributed by atoms with Gasteiger partial charge in [-0.25, -0.2) is 4.68 Å². The van der Waals surface area contributed by atoms with Crippen molar-refractivity contribution in [2.75, 3.05) is 0 Å². The number of nitrogens with one attached hydrogen (secondary N) is 2. The first-order valence-corrected chi connectivity index (χ1v) is 10.2. The molecule has 6 heteroatoms. The summed E-state index contributed by atoms with van der Waals surface area (Å²) in [5.41, 5.74) is 4.05. The van der Waals surface area contributed by atoms with Gasteiger partial charge in [0.05, 0.1) is 23.7 Å². The first kappa shape index (κ1) is 19.1. The fourth-order valence-electron chi connectivity index (χ4n) is 3.84. The highest BCUT2D eigenvalue weighted by Crippen LogP contribution is 2.24. The molecule has 6 nitrogen and oxygen atoms in total. The quantitative estimate of drug-likeness (QED) is 0.432. The Balaban J connectivity index is 1.49. The monoisotopic (exact) mass is 410 g/mol. The van der Waals surface area contributed by atoms with Crippen LogP contribution in [0.15, 0.2) is 94.3 Å². The van der Waals surface area contributed by atoms with Crippen molar-refractivity contribution in [3.05, 3.63) is 118 Å². The van der Waals surface area contributed by atoms with Crippen LogP contribution in [-0.4, -0.2) is 14.8 Å². The van der Waals surface area contributed by atoms with Gasteiger partial charge in [-0.2, -0.15) is 5.10 Å². The molecule has 0 radical (unpaired) electrons. The molecule has 0 saturated heterocycles. The van der Waals surface area contributed by atoms with Crippen LogP contribution in [0.25, 0.3) is 16.7 Å². The van der Waals surface area contributed by atoms with Gasteiger partial charge in [0.25, 0.3) is 5.56 Å². The van der Waals surface area contributed by atoms with Crippen molar-refractivity contribution in [3.8, 4) is 5.69 Å². The SMILES string of the molecule is Cc1nn(-c2ccccc2)c2[nH]c(=O)c(CNC(c3ccccc3)c3ccco3)cc12. The zero-order valence-corrected chi connectivity index (χ0v) is 17.1. The highest BCUT2D eigenvalue weighted by atomic mass is 16.3. The van der Waals surface area contributed by atoms with Gasteiger partial charge in [0.1, 0.15) is 11.4 Å². The molecule has 5 aromatic rings. The number of pyridine rings is 1. The molecule has 2 N–H and O–H groups in total. The van der Waals surface area contributed by atoms with E-state index in [1.165, 1.54) is 0 Å². The number of para-hydroxylation sites is 1. The lowest BCUT2D eigenvalue weighted by atomic mass is 10.0. The molecule has 31 heavy (non-hydrogen) atoms. The summed E-state index contributed by atoms with van der Waals surface area (Å²) < 4.78 is 7.43. The van der Waals surface area contributed by atoms with E-state index in [0.717, 1.165) is 28.1 Å². The number of furan rings is 1. The molecule has 0 spiro atoms. The molecule has 2 aromatic carbocycles. The smallest absolute Gasteiger partial charge is 0.254 e. The third-order valence-electron chi connectivity index (χ3n) is 5.41. The van der Waals surface area contributed by atoms with E-state index in [1.807, 2.05) is 85.8 Å². The normalized spacial score (nSPS) is 12.3. The van der Waals surface area contributed by atoms with Crippen molar-refractivity contribution < 1.29 is 4.42 Å². The fraction of sp³-hybridized carbons (Fsp3) is 0.120. The van der Waals surface area contributed by atoms with E-state index in [1.54, 1.807) is 10.9 Å². The van der Waals surface area contributed by atoms with Gasteiger partial charge >= 0.3 is 0 Å². The van der Waals surface area contributed by atoms with Crippen LogP contribution in [-0.2, 0) is 6.54 Å². The molecule has 0 amide bonds. The molecule has 5 rings (SSSR count). The first-order valence-electron chi connectivity index (χ1n) is 10.2.